The summed E-state index contributed by atoms with van der Waals surface area (Å²) < 4.78 is 5.62. The molecule has 90 valence electrons. The van der Waals surface area contributed by atoms with E-state index in [1.165, 1.54) is 0 Å². The summed E-state index contributed by atoms with van der Waals surface area (Å²) in [6.07, 6.45) is 0.579. The second kappa shape index (κ2) is 4.04. The van der Waals surface area contributed by atoms with Crippen LogP contribution < -0.4 is 10.5 Å². The first-order valence-electron chi connectivity index (χ1n) is 6.01. The van der Waals surface area contributed by atoms with Crippen LogP contribution in [0.1, 0.15) is 18.0 Å². The molecule has 2 aliphatic rings. The number of nitrogens with zero attached hydrogens (tertiary/aromatic N) is 1. The standard InChI is InChI=1S/C13H16N2O2/c14-6-9-5-13(16)15(7-9)11-8-17-12-4-2-1-3-10(11)12/h1-4,9,11H,5-8,14H2. The largest absolute Gasteiger partial charge is 0.491 e. The van der Waals surface area contributed by atoms with E-state index >= 15 is 0 Å². The summed E-state index contributed by atoms with van der Waals surface area (Å²) in [5.41, 5.74) is 6.77. The fraction of sp³-hybridized carbons (Fsp3) is 0.462. The zero-order chi connectivity index (χ0) is 11.8. The molecule has 4 nitrogen and oxygen atoms in total. The lowest BCUT2D eigenvalue weighted by Crippen LogP contribution is -2.31. The van der Waals surface area contributed by atoms with Gasteiger partial charge in [-0.15, -0.1) is 0 Å². The highest BCUT2D eigenvalue weighted by Crippen LogP contribution is 2.38. The molecule has 2 heterocycles. The summed E-state index contributed by atoms with van der Waals surface area (Å²) in [5.74, 6) is 1.41. The first-order valence-corrected chi connectivity index (χ1v) is 6.01. The second-order valence-electron chi connectivity index (χ2n) is 4.72. The van der Waals surface area contributed by atoms with Gasteiger partial charge in [0.2, 0.25) is 5.91 Å². The van der Waals surface area contributed by atoms with Crippen LogP contribution in [-0.2, 0) is 4.79 Å². The minimum Gasteiger partial charge on any atom is -0.491 e. The third kappa shape index (κ3) is 1.69. The molecule has 1 fully saturated rings. The first-order chi connectivity index (χ1) is 8.29. The molecular formula is C13H16N2O2. The lowest BCUT2D eigenvalue weighted by atomic mass is 10.1. The fourth-order valence-corrected chi connectivity index (χ4v) is 2.67. The zero-order valence-electron chi connectivity index (χ0n) is 9.63. The van der Waals surface area contributed by atoms with Crippen LogP contribution in [0.3, 0.4) is 0 Å². The van der Waals surface area contributed by atoms with Crippen molar-refractivity contribution >= 4 is 5.91 Å². The van der Waals surface area contributed by atoms with E-state index in [0.29, 0.717) is 25.5 Å². The number of benzene rings is 1. The van der Waals surface area contributed by atoms with Crippen molar-refractivity contribution < 1.29 is 9.53 Å². The van der Waals surface area contributed by atoms with Gasteiger partial charge in [-0.05, 0) is 18.5 Å². The van der Waals surface area contributed by atoms with Crippen molar-refractivity contribution in [1.29, 1.82) is 0 Å². The predicted octanol–water partition coefficient (Wildman–Crippen LogP) is 0.927. The van der Waals surface area contributed by atoms with Crippen LogP contribution in [0, 0.1) is 5.92 Å². The van der Waals surface area contributed by atoms with Crippen LogP contribution in [0.25, 0.3) is 0 Å². The van der Waals surface area contributed by atoms with Gasteiger partial charge in [0, 0.05) is 18.5 Å². The number of rotatable bonds is 2. The Balaban J connectivity index is 1.85. The van der Waals surface area contributed by atoms with Gasteiger partial charge in [-0.1, -0.05) is 18.2 Å². The molecule has 0 aromatic heterocycles. The number of amides is 1. The molecule has 0 radical (unpaired) electrons. The number of nitrogens with two attached hydrogens (primary N) is 1. The third-order valence-electron chi connectivity index (χ3n) is 3.62. The van der Waals surface area contributed by atoms with Gasteiger partial charge in [-0.3, -0.25) is 4.79 Å². The maximum absolute atomic E-state index is 12.0. The summed E-state index contributed by atoms with van der Waals surface area (Å²) in [5, 5.41) is 0. The number of fused-ring (bicyclic) bond motifs is 1. The van der Waals surface area contributed by atoms with Crippen LogP contribution in [0.2, 0.25) is 0 Å². The normalized spacial score (nSPS) is 27.1. The minimum atomic E-state index is 0.0789. The Labute approximate surface area is 100 Å². The van der Waals surface area contributed by atoms with Gasteiger partial charge in [-0.25, -0.2) is 0 Å². The van der Waals surface area contributed by atoms with Gasteiger partial charge in [0.1, 0.15) is 12.4 Å². The van der Waals surface area contributed by atoms with E-state index in [1.807, 2.05) is 29.2 Å². The third-order valence-corrected chi connectivity index (χ3v) is 3.62. The molecule has 2 aliphatic heterocycles. The van der Waals surface area contributed by atoms with E-state index in [-0.39, 0.29) is 11.9 Å². The Hall–Kier alpha value is -1.55. The van der Waals surface area contributed by atoms with Gasteiger partial charge in [-0.2, -0.15) is 0 Å². The smallest absolute Gasteiger partial charge is 0.223 e. The van der Waals surface area contributed by atoms with Crippen molar-refractivity contribution in [2.45, 2.75) is 12.5 Å². The van der Waals surface area contributed by atoms with Crippen molar-refractivity contribution in [3.8, 4) is 5.75 Å². The number of likely N-dealkylation sites (tertiary alicyclic amines) is 1. The highest BCUT2D eigenvalue weighted by molar-refractivity contribution is 5.79. The monoisotopic (exact) mass is 232 g/mol. The summed E-state index contributed by atoms with van der Waals surface area (Å²) >= 11 is 0. The van der Waals surface area contributed by atoms with Gasteiger partial charge in [0.25, 0.3) is 0 Å². The maximum Gasteiger partial charge on any atom is 0.223 e. The molecule has 2 unspecified atom stereocenters. The van der Waals surface area contributed by atoms with Crippen molar-refractivity contribution in [2.75, 3.05) is 19.7 Å². The SMILES string of the molecule is NCC1CC(=O)N(C2COc3ccccc32)C1. The van der Waals surface area contributed by atoms with E-state index in [2.05, 4.69) is 0 Å². The van der Waals surface area contributed by atoms with E-state index in [9.17, 15) is 4.79 Å². The summed E-state index contributed by atoms with van der Waals surface area (Å²) in [7, 11) is 0. The first kappa shape index (κ1) is 10.6. The van der Waals surface area contributed by atoms with Crippen LogP contribution in [-0.4, -0.2) is 30.5 Å². The molecule has 1 amide bonds. The zero-order valence-corrected chi connectivity index (χ0v) is 9.63. The molecule has 0 bridgehead atoms. The average Bonchev–Trinajstić information content (AvgIpc) is 2.92. The van der Waals surface area contributed by atoms with Crippen molar-refractivity contribution in [2.24, 2.45) is 11.7 Å². The van der Waals surface area contributed by atoms with Crippen LogP contribution in [0.4, 0.5) is 0 Å². The topological polar surface area (TPSA) is 55.6 Å². The fourth-order valence-electron chi connectivity index (χ4n) is 2.67. The molecule has 1 aromatic carbocycles. The average molecular weight is 232 g/mol. The van der Waals surface area contributed by atoms with Gasteiger partial charge < -0.3 is 15.4 Å². The number of hydrogen-bond acceptors (Lipinski definition) is 3. The highest BCUT2D eigenvalue weighted by Gasteiger charge is 2.38. The molecule has 1 saturated heterocycles. The van der Waals surface area contributed by atoms with Crippen molar-refractivity contribution in [1.82, 2.24) is 4.90 Å². The summed E-state index contributed by atoms with van der Waals surface area (Å²) in [6, 6.07) is 8.01. The van der Waals surface area contributed by atoms with Gasteiger partial charge in [0.05, 0.1) is 6.04 Å². The summed E-state index contributed by atoms with van der Waals surface area (Å²) in [6.45, 7) is 1.91. The van der Waals surface area contributed by atoms with Crippen molar-refractivity contribution in [3.05, 3.63) is 29.8 Å². The Morgan fingerprint density at radius 2 is 2.24 bits per heavy atom. The van der Waals surface area contributed by atoms with E-state index < -0.39 is 0 Å². The molecule has 2 atom stereocenters. The molecule has 1 aromatic rings. The van der Waals surface area contributed by atoms with E-state index in [4.69, 9.17) is 10.5 Å². The lowest BCUT2D eigenvalue weighted by molar-refractivity contribution is -0.130. The molecule has 4 heteroatoms. The Morgan fingerprint density at radius 3 is 3.00 bits per heavy atom. The molecule has 2 N–H and O–H groups in total. The van der Waals surface area contributed by atoms with Crippen molar-refractivity contribution in [3.63, 3.8) is 0 Å². The second-order valence-corrected chi connectivity index (χ2v) is 4.72. The number of carbonyl (C=O) groups is 1. The molecule has 17 heavy (non-hydrogen) atoms. The van der Waals surface area contributed by atoms with E-state index in [1.54, 1.807) is 0 Å². The number of ether oxygens (including phenoxy) is 1. The number of hydrogen-bond donors (Lipinski definition) is 1. The molecule has 0 aliphatic carbocycles. The summed E-state index contributed by atoms with van der Waals surface area (Å²) in [4.78, 5) is 13.9. The van der Waals surface area contributed by atoms with Crippen LogP contribution >= 0.6 is 0 Å². The Morgan fingerprint density at radius 1 is 1.41 bits per heavy atom. The van der Waals surface area contributed by atoms with E-state index in [0.717, 1.165) is 17.9 Å². The Bertz CT molecular complexity index is 447. The lowest BCUT2D eigenvalue weighted by Gasteiger charge is -2.23. The highest BCUT2D eigenvalue weighted by atomic mass is 16.5. The van der Waals surface area contributed by atoms with Gasteiger partial charge >= 0.3 is 0 Å². The maximum atomic E-state index is 12.0. The predicted molar refractivity (Wildman–Crippen MR) is 63.6 cm³/mol. The minimum absolute atomic E-state index is 0.0789. The molecule has 3 rings (SSSR count). The quantitative estimate of drug-likeness (QED) is 0.825. The number of para-hydroxylation sites is 1. The molecule has 0 spiro atoms. The van der Waals surface area contributed by atoms with Crippen LogP contribution in [0.5, 0.6) is 5.75 Å². The molecule has 0 saturated carbocycles. The van der Waals surface area contributed by atoms with Crippen LogP contribution in [0.15, 0.2) is 24.3 Å². The van der Waals surface area contributed by atoms with Gasteiger partial charge in [0.15, 0.2) is 0 Å². The Kier molecular flexibility index (Phi) is 2.52. The molecular weight excluding hydrogens is 216 g/mol. The number of carbonyl (C=O) groups excluding carboxylic acids is 1.